The standard InChI is InChI=1S/C32H47N3O9/c1-14(2)17-10-16(12-35-29(42)34-8-9-44-7)23(36)19-18(17)11-30(5)13-31(6)21(15(3)4)25(38)20(28(33)41)26(39)32(31,43)27(40)22(30)24(19)37/h10,14-15,20-22,25,27,36,38,40,43H,8-9,11-13H2,1-7H3,(H2,33,41)(H2,34,35,42)/t20-,21+,22-,25?,27?,30-,31-,32+/m1/s1. The largest absolute Gasteiger partial charge is 0.507 e. The number of nitrogens with two attached hydrogens (primary N) is 1. The zero-order valence-corrected chi connectivity index (χ0v) is 26.6. The highest BCUT2D eigenvalue weighted by molar-refractivity contribution is 6.09. The van der Waals surface area contributed by atoms with Crippen LogP contribution < -0.4 is 16.4 Å². The molecule has 8 atom stereocenters. The number of carbonyl (C=O) groups is 4. The number of fused-ring (bicyclic) bond motifs is 3. The molecule has 2 fully saturated rings. The summed E-state index contributed by atoms with van der Waals surface area (Å²) >= 11 is 0. The summed E-state index contributed by atoms with van der Waals surface area (Å²) in [6.07, 6.45) is -3.13. The van der Waals surface area contributed by atoms with E-state index in [0.717, 1.165) is 5.56 Å². The van der Waals surface area contributed by atoms with E-state index in [2.05, 4.69) is 10.6 Å². The lowest BCUT2D eigenvalue weighted by molar-refractivity contribution is -0.265. The maximum Gasteiger partial charge on any atom is 0.315 e. The van der Waals surface area contributed by atoms with Crippen LogP contribution in [-0.4, -0.2) is 82.0 Å². The van der Waals surface area contributed by atoms with Gasteiger partial charge in [-0.1, -0.05) is 41.5 Å². The van der Waals surface area contributed by atoms with Gasteiger partial charge in [-0.25, -0.2) is 4.79 Å². The van der Waals surface area contributed by atoms with E-state index in [0.29, 0.717) is 17.7 Å². The molecule has 12 nitrogen and oxygen atoms in total. The van der Waals surface area contributed by atoms with Crippen LogP contribution in [0.4, 0.5) is 4.79 Å². The number of urea groups is 1. The topological polar surface area (TPSA) is 209 Å². The van der Waals surface area contributed by atoms with Crippen LogP contribution in [0.1, 0.15) is 80.9 Å². The minimum absolute atomic E-state index is 0.0170. The molecule has 3 aliphatic carbocycles. The average molecular weight is 618 g/mol. The number of hydrogen-bond acceptors (Lipinski definition) is 9. The quantitative estimate of drug-likeness (QED) is 0.165. The Balaban J connectivity index is 1.85. The van der Waals surface area contributed by atoms with Crippen LogP contribution in [0.5, 0.6) is 5.75 Å². The number of ether oxygens (including phenoxy) is 1. The van der Waals surface area contributed by atoms with Crippen molar-refractivity contribution in [3.63, 3.8) is 0 Å². The van der Waals surface area contributed by atoms with Crippen molar-refractivity contribution in [2.45, 2.75) is 84.7 Å². The first kappa shape index (κ1) is 33.8. The molecule has 3 amide bonds. The summed E-state index contributed by atoms with van der Waals surface area (Å²) in [5.41, 5.74) is 2.22. The Bertz CT molecular complexity index is 1360. The van der Waals surface area contributed by atoms with Gasteiger partial charge in [-0.2, -0.15) is 0 Å². The molecule has 0 aliphatic heterocycles. The Hall–Kier alpha value is -3.06. The van der Waals surface area contributed by atoms with Gasteiger partial charge in [0.15, 0.2) is 17.2 Å². The molecule has 2 unspecified atom stereocenters. The van der Waals surface area contributed by atoms with E-state index >= 15 is 0 Å². The minimum atomic E-state index is -2.58. The number of amides is 3. The fourth-order valence-corrected chi connectivity index (χ4v) is 8.84. The summed E-state index contributed by atoms with van der Waals surface area (Å²) in [6.45, 7) is 11.5. The molecule has 44 heavy (non-hydrogen) atoms. The van der Waals surface area contributed by atoms with Crippen molar-refractivity contribution in [3.8, 4) is 5.75 Å². The molecule has 0 bridgehead atoms. The molecule has 12 heteroatoms. The predicted octanol–water partition coefficient (Wildman–Crippen LogP) is 1.14. The number of hydrogen-bond donors (Lipinski definition) is 7. The van der Waals surface area contributed by atoms with Crippen molar-refractivity contribution >= 4 is 23.5 Å². The Kier molecular flexibility index (Phi) is 9.00. The van der Waals surface area contributed by atoms with Crippen molar-refractivity contribution in [2.75, 3.05) is 20.3 Å². The van der Waals surface area contributed by atoms with Crippen molar-refractivity contribution in [2.24, 2.45) is 40.2 Å². The van der Waals surface area contributed by atoms with Gasteiger partial charge in [0, 0.05) is 31.2 Å². The third-order valence-electron chi connectivity index (χ3n) is 10.5. The molecule has 3 aliphatic rings. The number of phenols is 1. The number of aromatic hydroxyl groups is 1. The number of ketones is 2. The Morgan fingerprint density at radius 1 is 1.14 bits per heavy atom. The summed E-state index contributed by atoms with van der Waals surface area (Å²) in [4.78, 5) is 53.0. The van der Waals surface area contributed by atoms with Crippen molar-refractivity contribution in [1.29, 1.82) is 0 Å². The van der Waals surface area contributed by atoms with Crippen molar-refractivity contribution in [3.05, 3.63) is 28.3 Å². The number of methoxy groups -OCH3 is 1. The maximum atomic E-state index is 14.5. The highest BCUT2D eigenvalue weighted by Crippen LogP contribution is 2.66. The van der Waals surface area contributed by atoms with Gasteiger partial charge >= 0.3 is 6.03 Å². The van der Waals surface area contributed by atoms with E-state index in [-0.39, 0.29) is 49.1 Å². The highest BCUT2D eigenvalue weighted by Gasteiger charge is 2.76. The molecule has 0 heterocycles. The smallest absolute Gasteiger partial charge is 0.315 e. The Morgan fingerprint density at radius 2 is 1.77 bits per heavy atom. The average Bonchev–Trinajstić information content (AvgIpc) is 2.89. The van der Waals surface area contributed by atoms with E-state index in [9.17, 15) is 39.6 Å². The molecular formula is C32H47N3O9. The number of primary amides is 1. The van der Waals surface area contributed by atoms with Gasteiger partial charge in [0.25, 0.3) is 0 Å². The summed E-state index contributed by atoms with van der Waals surface area (Å²) in [5, 5.41) is 52.3. The number of carbonyl (C=O) groups excluding carboxylic acids is 4. The third kappa shape index (κ3) is 4.90. The van der Waals surface area contributed by atoms with E-state index in [1.54, 1.807) is 26.8 Å². The van der Waals surface area contributed by atoms with Gasteiger partial charge in [0.2, 0.25) is 5.91 Å². The Labute approximate surface area is 257 Å². The van der Waals surface area contributed by atoms with Gasteiger partial charge in [-0.3, -0.25) is 14.4 Å². The van der Waals surface area contributed by atoms with Crippen LogP contribution in [0.3, 0.4) is 0 Å². The van der Waals surface area contributed by atoms with E-state index in [4.69, 9.17) is 10.5 Å². The lowest BCUT2D eigenvalue weighted by Crippen LogP contribution is -2.79. The number of benzene rings is 1. The maximum absolute atomic E-state index is 14.5. The number of phenolic OH excluding ortho intramolecular Hbond substituents is 1. The lowest BCUT2D eigenvalue weighted by Gasteiger charge is -2.66. The van der Waals surface area contributed by atoms with Gasteiger partial charge in [-0.05, 0) is 53.2 Å². The fourth-order valence-electron chi connectivity index (χ4n) is 8.84. The van der Waals surface area contributed by atoms with E-state index < -0.39 is 69.9 Å². The molecule has 0 saturated heterocycles. The molecule has 0 radical (unpaired) electrons. The summed E-state index contributed by atoms with van der Waals surface area (Å²) < 4.78 is 4.93. The summed E-state index contributed by atoms with van der Waals surface area (Å²) in [7, 11) is 1.51. The Morgan fingerprint density at radius 3 is 2.32 bits per heavy atom. The summed E-state index contributed by atoms with van der Waals surface area (Å²) in [6, 6.07) is 1.28. The first-order valence-electron chi connectivity index (χ1n) is 15.2. The zero-order chi connectivity index (χ0) is 33.1. The van der Waals surface area contributed by atoms with Gasteiger partial charge in [0.1, 0.15) is 17.8 Å². The molecule has 0 spiro atoms. The first-order valence-corrected chi connectivity index (χ1v) is 15.2. The molecular weight excluding hydrogens is 570 g/mol. The molecule has 1 aromatic carbocycles. The summed E-state index contributed by atoms with van der Waals surface area (Å²) in [5.74, 6) is -7.51. The zero-order valence-electron chi connectivity index (χ0n) is 26.6. The molecule has 4 rings (SSSR count). The van der Waals surface area contributed by atoms with Crippen LogP contribution in [0.15, 0.2) is 6.07 Å². The van der Waals surface area contributed by atoms with Crippen LogP contribution in [0, 0.1) is 34.5 Å². The lowest BCUT2D eigenvalue weighted by atomic mass is 9.39. The number of aliphatic hydroxyl groups is 3. The van der Waals surface area contributed by atoms with Crippen LogP contribution in [0.25, 0.3) is 0 Å². The second kappa shape index (κ2) is 11.7. The third-order valence-corrected chi connectivity index (χ3v) is 10.5. The fraction of sp³-hybridized carbons (Fsp3) is 0.688. The number of rotatable bonds is 8. The van der Waals surface area contributed by atoms with Gasteiger partial charge in [0.05, 0.1) is 24.2 Å². The monoisotopic (exact) mass is 617 g/mol. The van der Waals surface area contributed by atoms with Crippen LogP contribution in [-0.2, 0) is 27.3 Å². The number of nitrogens with one attached hydrogen (secondary N) is 2. The first-order chi connectivity index (χ1) is 20.4. The minimum Gasteiger partial charge on any atom is -0.507 e. The normalized spacial score (nSPS) is 34.8. The molecule has 8 N–H and O–H groups in total. The van der Waals surface area contributed by atoms with Gasteiger partial charge in [-0.15, -0.1) is 0 Å². The van der Waals surface area contributed by atoms with E-state index in [1.807, 2.05) is 20.8 Å². The molecule has 0 aromatic heterocycles. The second-order valence-electron chi connectivity index (χ2n) is 14.1. The van der Waals surface area contributed by atoms with Crippen LogP contribution in [0.2, 0.25) is 0 Å². The van der Waals surface area contributed by atoms with Crippen LogP contribution >= 0.6 is 0 Å². The van der Waals surface area contributed by atoms with Gasteiger partial charge < -0.3 is 41.5 Å². The van der Waals surface area contributed by atoms with Crippen molar-refractivity contribution in [1.82, 2.24) is 10.6 Å². The van der Waals surface area contributed by atoms with Crippen molar-refractivity contribution < 1.29 is 44.3 Å². The molecule has 244 valence electrons. The highest BCUT2D eigenvalue weighted by atomic mass is 16.5. The number of Topliss-reactive ketones (excluding diaryl/α,β-unsaturated/α-hetero) is 2. The SMILES string of the molecule is COCCNC(=O)NCc1cc(C(C)C)c2c(c1O)C(=O)[C@@H]1C(O)[C@@]3(O)C(=O)[C@H](C(N)=O)C(O)[C@H](C(C)C)[C@@]3(C)C[C@@]1(C)C2. The van der Waals surface area contributed by atoms with E-state index in [1.165, 1.54) is 7.11 Å². The second-order valence-corrected chi connectivity index (χ2v) is 14.1. The predicted molar refractivity (Wildman–Crippen MR) is 160 cm³/mol. The molecule has 2 saturated carbocycles. The molecule has 1 aromatic rings. The number of aliphatic hydroxyl groups excluding tert-OH is 2.